The number of aromatic nitrogens is 1. The number of nitrogens with zero attached hydrogens (tertiary/aromatic N) is 3. The van der Waals surface area contributed by atoms with Gasteiger partial charge < -0.3 is 20.3 Å². The summed E-state index contributed by atoms with van der Waals surface area (Å²) in [6.45, 7) is 7.90. The molecule has 1 heterocycles. The van der Waals surface area contributed by atoms with E-state index in [1.54, 1.807) is 11.3 Å². The monoisotopic (exact) mass is 441 g/mol. The van der Waals surface area contributed by atoms with Crippen molar-refractivity contribution in [2.75, 3.05) is 45.3 Å². The summed E-state index contributed by atoms with van der Waals surface area (Å²) in [5, 5.41) is 9.60. The minimum absolute atomic E-state index is 0. The standard InChI is InChI=1S/C14H27N5OS.HI/c1-5-15-13(16-8-7-9-20-6-2)17-10-12-11-21-14(18-12)19(3)4;/h11H,5-10H2,1-4H3,(H2,15,16,17);1H. The number of hydrogen-bond donors (Lipinski definition) is 2. The molecule has 1 rings (SSSR count). The molecule has 0 unspecified atom stereocenters. The lowest BCUT2D eigenvalue weighted by atomic mass is 10.4. The molecule has 1 aromatic heterocycles. The molecule has 2 N–H and O–H groups in total. The zero-order chi connectivity index (χ0) is 15.5. The van der Waals surface area contributed by atoms with Gasteiger partial charge in [0, 0.05) is 45.8 Å². The molecule has 0 radical (unpaired) electrons. The molecule has 0 fully saturated rings. The van der Waals surface area contributed by atoms with E-state index in [1.165, 1.54) is 0 Å². The number of aliphatic imine (C=N–C) groups is 1. The molecule has 0 saturated carbocycles. The molecule has 0 aliphatic heterocycles. The van der Waals surface area contributed by atoms with E-state index in [0.29, 0.717) is 6.54 Å². The predicted molar refractivity (Wildman–Crippen MR) is 106 cm³/mol. The zero-order valence-electron chi connectivity index (χ0n) is 13.9. The number of thiazole rings is 1. The Kier molecular flexibility index (Phi) is 12.5. The number of rotatable bonds is 9. The van der Waals surface area contributed by atoms with Crippen LogP contribution in [-0.2, 0) is 11.3 Å². The third-order valence-corrected chi connectivity index (χ3v) is 3.68. The lowest BCUT2D eigenvalue weighted by Gasteiger charge is -2.10. The van der Waals surface area contributed by atoms with Crippen molar-refractivity contribution < 1.29 is 4.74 Å². The normalized spacial score (nSPS) is 11.0. The number of hydrogen-bond acceptors (Lipinski definition) is 5. The van der Waals surface area contributed by atoms with Crippen LogP contribution in [0.25, 0.3) is 0 Å². The van der Waals surface area contributed by atoms with Gasteiger partial charge in [-0.1, -0.05) is 0 Å². The molecule has 0 atom stereocenters. The van der Waals surface area contributed by atoms with Gasteiger partial charge in [0.15, 0.2) is 11.1 Å². The van der Waals surface area contributed by atoms with Crippen molar-refractivity contribution in [2.24, 2.45) is 4.99 Å². The van der Waals surface area contributed by atoms with E-state index in [1.807, 2.05) is 25.9 Å². The van der Waals surface area contributed by atoms with Crippen LogP contribution in [0, 0.1) is 0 Å². The van der Waals surface area contributed by atoms with Crippen LogP contribution in [0.4, 0.5) is 5.13 Å². The second-order valence-corrected chi connectivity index (χ2v) is 5.52. The van der Waals surface area contributed by atoms with Crippen LogP contribution in [0.3, 0.4) is 0 Å². The van der Waals surface area contributed by atoms with Crippen LogP contribution in [0.1, 0.15) is 26.0 Å². The Morgan fingerprint density at radius 3 is 2.73 bits per heavy atom. The highest BCUT2D eigenvalue weighted by molar-refractivity contribution is 14.0. The molecule has 22 heavy (non-hydrogen) atoms. The molecular formula is C14H28IN5OS. The van der Waals surface area contributed by atoms with E-state index in [0.717, 1.165) is 49.5 Å². The van der Waals surface area contributed by atoms with Crippen molar-refractivity contribution in [3.05, 3.63) is 11.1 Å². The van der Waals surface area contributed by atoms with Crippen molar-refractivity contribution in [1.29, 1.82) is 0 Å². The van der Waals surface area contributed by atoms with E-state index in [9.17, 15) is 0 Å². The first-order valence-electron chi connectivity index (χ1n) is 7.39. The molecule has 0 aliphatic rings. The number of nitrogens with one attached hydrogen (secondary N) is 2. The number of guanidine groups is 1. The first-order chi connectivity index (χ1) is 10.2. The average Bonchev–Trinajstić information content (AvgIpc) is 2.93. The van der Waals surface area contributed by atoms with Gasteiger partial charge in [-0.05, 0) is 20.3 Å². The summed E-state index contributed by atoms with van der Waals surface area (Å²) in [4.78, 5) is 11.1. The van der Waals surface area contributed by atoms with Gasteiger partial charge in [-0.3, -0.25) is 0 Å². The second kappa shape index (κ2) is 12.9. The Labute approximate surface area is 154 Å². The van der Waals surface area contributed by atoms with Gasteiger partial charge in [-0.2, -0.15) is 0 Å². The Morgan fingerprint density at radius 1 is 1.36 bits per heavy atom. The highest BCUT2D eigenvalue weighted by Gasteiger charge is 2.03. The molecule has 1 aromatic rings. The van der Waals surface area contributed by atoms with Gasteiger partial charge >= 0.3 is 0 Å². The summed E-state index contributed by atoms with van der Waals surface area (Å²) in [5.74, 6) is 0.827. The first-order valence-corrected chi connectivity index (χ1v) is 8.27. The van der Waals surface area contributed by atoms with Gasteiger partial charge in [0.2, 0.25) is 0 Å². The Hall–Kier alpha value is -0.610. The fourth-order valence-electron chi connectivity index (χ4n) is 1.60. The van der Waals surface area contributed by atoms with Crippen LogP contribution >= 0.6 is 35.3 Å². The highest BCUT2D eigenvalue weighted by atomic mass is 127. The van der Waals surface area contributed by atoms with Gasteiger partial charge in [0.1, 0.15) is 0 Å². The molecule has 0 saturated heterocycles. The molecule has 8 heteroatoms. The molecule has 0 aliphatic carbocycles. The van der Waals surface area contributed by atoms with Crippen LogP contribution < -0.4 is 15.5 Å². The second-order valence-electron chi connectivity index (χ2n) is 4.69. The first kappa shape index (κ1) is 21.4. The lowest BCUT2D eigenvalue weighted by Crippen LogP contribution is -2.38. The van der Waals surface area contributed by atoms with Crippen molar-refractivity contribution in [3.63, 3.8) is 0 Å². The Balaban J connectivity index is 0.00000441. The van der Waals surface area contributed by atoms with E-state index < -0.39 is 0 Å². The smallest absolute Gasteiger partial charge is 0.191 e. The van der Waals surface area contributed by atoms with Gasteiger partial charge in [-0.25, -0.2) is 9.98 Å². The Morgan fingerprint density at radius 2 is 2.14 bits per heavy atom. The largest absolute Gasteiger partial charge is 0.382 e. The van der Waals surface area contributed by atoms with Crippen LogP contribution in [0.15, 0.2) is 10.4 Å². The fraction of sp³-hybridized carbons (Fsp3) is 0.714. The molecule has 0 aromatic carbocycles. The molecule has 128 valence electrons. The molecule has 0 spiro atoms. The van der Waals surface area contributed by atoms with Gasteiger partial charge in [-0.15, -0.1) is 35.3 Å². The van der Waals surface area contributed by atoms with Gasteiger partial charge in [0.05, 0.1) is 12.2 Å². The minimum atomic E-state index is 0. The van der Waals surface area contributed by atoms with Gasteiger partial charge in [0.25, 0.3) is 0 Å². The molecule has 6 nitrogen and oxygen atoms in total. The summed E-state index contributed by atoms with van der Waals surface area (Å²) in [7, 11) is 3.99. The summed E-state index contributed by atoms with van der Waals surface area (Å²) in [5.41, 5.74) is 0.996. The highest BCUT2D eigenvalue weighted by Crippen LogP contribution is 2.18. The third kappa shape index (κ3) is 8.74. The number of ether oxygens (including phenoxy) is 1. The maximum atomic E-state index is 5.32. The fourth-order valence-corrected chi connectivity index (χ4v) is 2.35. The SMILES string of the molecule is CCNC(=NCc1csc(N(C)C)n1)NCCCOCC.I. The summed E-state index contributed by atoms with van der Waals surface area (Å²) in [6.07, 6.45) is 0.972. The summed E-state index contributed by atoms with van der Waals surface area (Å²) in [6, 6.07) is 0. The Bertz CT molecular complexity index is 425. The molecule has 0 amide bonds. The maximum Gasteiger partial charge on any atom is 0.191 e. The van der Waals surface area contributed by atoms with E-state index in [-0.39, 0.29) is 24.0 Å². The quantitative estimate of drug-likeness (QED) is 0.267. The van der Waals surface area contributed by atoms with Crippen LogP contribution in [-0.4, -0.2) is 51.3 Å². The number of anilines is 1. The number of halogens is 1. The van der Waals surface area contributed by atoms with Crippen LogP contribution in [0.5, 0.6) is 0 Å². The topological polar surface area (TPSA) is 61.8 Å². The van der Waals surface area contributed by atoms with Crippen molar-refractivity contribution >= 4 is 46.4 Å². The molecule has 0 bridgehead atoms. The zero-order valence-corrected chi connectivity index (χ0v) is 17.0. The van der Waals surface area contributed by atoms with Crippen LogP contribution in [0.2, 0.25) is 0 Å². The van der Waals surface area contributed by atoms with Crippen molar-refractivity contribution in [2.45, 2.75) is 26.8 Å². The maximum absolute atomic E-state index is 5.32. The van der Waals surface area contributed by atoms with E-state index >= 15 is 0 Å². The lowest BCUT2D eigenvalue weighted by molar-refractivity contribution is 0.145. The summed E-state index contributed by atoms with van der Waals surface area (Å²) >= 11 is 1.64. The summed E-state index contributed by atoms with van der Waals surface area (Å²) < 4.78 is 5.32. The predicted octanol–water partition coefficient (Wildman–Crippen LogP) is 2.31. The van der Waals surface area contributed by atoms with Crippen molar-refractivity contribution in [3.8, 4) is 0 Å². The van der Waals surface area contributed by atoms with E-state index in [2.05, 4.69) is 32.9 Å². The van der Waals surface area contributed by atoms with Crippen molar-refractivity contribution in [1.82, 2.24) is 15.6 Å². The van der Waals surface area contributed by atoms with E-state index in [4.69, 9.17) is 4.74 Å². The molecular weight excluding hydrogens is 413 g/mol. The third-order valence-electron chi connectivity index (χ3n) is 2.63. The average molecular weight is 441 g/mol. The minimum Gasteiger partial charge on any atom is -0.382 e.